The third-order valence-electron chi connectivity index (χ3n) is 5.60. The lowest BCUT2D eigenvalue weighted by atomic mass is 9.99. The first-order chi connectivity index (χ1) is 15.3. The van der Waals surface area contributed by atoms with E-state index in [0.29, 0.717) is 18.7 Å². The van der Waals surface area contributed by atoms with Crippen molar-refractivity contribution in [3.05, 3.63) is 65.6 Å². The van der Waals surface area contributed by atoms with Gasteiger partial charge in [-0.25, -0.2) is 9.97 Å². The van der Waals surface area contributed by atoms with E-state index in [0.717, 1.165) is 34.1 Å². The van der Waals surface area contributed by atoms with Crippen LogP contribution in [0.25, 0.3) is 11.3 Å². The van der Waals surface area contributed by atoms with E-state index in [2.05, 4.69) is 13.8 Å². The first kappa shape index (κ1) is 22.4. The van der Waals surface area contributed by atoms with Crippen molar-refractivity contribution in [2.75, 3.05) is 20.8 Å². The van der Waals surface area contributed by atoms with E-state index in [9.17, 15) is 8.76 Å². The van der Waals surface area contributed by atoms with Crippen LogP contribution in [0.4, 0.5) is 0 Å². The van der Waals surface area contributed by atoms with Crippen LogP contribution in [0.5, 0.6) is 11.5 Å². The second-order valence-corrected chi connectivity index (χ2v) is 9.94. The number of fused-ring (bicyclic) bond motifs is 1. The molecule has 4 rings (SSSR count). The van der Waals surface area contributed by atoms with Crippen LogP contribution in [0.15, 0.2) is 53.4 Å². The van der Waals surface area contributed by atoms with E-state index in [1.807, 2.05) is 24.3 Å². The maximum atomic E-state index is 13.4. The van der Waals surface area contributed by atoms with Gasteiger partial charge in [0.15, 0.2) is 15.3 Å². The molecule has 7 nitrogen and oxygen atoms in total. The lowest BCUT2D eigenvalue weighted by molar-refractivity contribution is 0.336. The van der Waals surface area contributed by atoms with Gasteiger partial charge in [-0.05, 0) is 36.4 Å². The summed E-state index contributed by atoms with van der Waals surface area (Å²) in [5, 5.41) is 0. The summed E-state index contributed by atoms with van der Waals surface area (Å²) in [5.74, 6) is 2.19. The fraction of sp³-hybridized carbons (Fsp3) is 0.333. The molecule has 1 aliphatic heterocycles. The molecule has 1 aromatic heterocycles. The van der Waals surface area contributed by atoms with E-state index in [-0.39, 0.29) is 17.4 Å². The molecule has 0 fully saturated rings. The Morgan fingerprint density at radius 2 is 1.75 bits per heavy atom. The van der Waals surface area contributed by atoms with Crippen molar-refractivity contribution >= 4 is 10.4 Å². The molecule has 8 heteroatoms. The minimum Gasteiger partial charge on any atom is -0.593 e. The average molecular weight is 454 g/mol. The average Bonchev–Trinajstić information content (AvgIpc) is 2.83. The van der Waals surface area contributed by atoms with E-state index in [1.54, 1.807) is 31.4 Å². The van der Waals surface area contributed by atoms with Gasteiger partial charge in [0.2, 0.25) is 0 Å². The fourth-order valence-electron chi connectivity index (χ4n) is 3.77. The zero-order valence-corrected chi connectivity index (χ0v) is 19.5. The highest BCUT2D eigenvalue weighted by Gasteiger charge is 2.36. The Balaban J connectivity index is 1.76. The molecule has 168 valence electrons. The van der Waals surface area contributed by atoms with Crippen LogP contribution >= 0.6 is 0 Å². The second-order valence-electron chi connectivity index (χ2n) is 8.01. The zero-order valence-electron chi connectivity index (χ0n) is 18.7. The SMILES string of the molecule is COc1ccc(-c2nc(C(C)C)nc3c2CN([S+](=O)([O-])c2cccc(OC)c2)CC3)cc1. The third-order valence-corrected chi connectivity index (χ3v) is 7.44. The Kier molecular flexibility index (Phi) is 6.28. The van der Waals surface area contributed by atoms with Crippen molar-refractivity contribution in [1.29, 1.82) is 0 Å². The van der Waals surface area contributed by atoms with Crippen LogP contribution in [0.2, 0.25) is 0 Å². The molecular formula is C24H27N3O4S. The van der Waals surface area contributed by atoms with Crippen LogP contribution in [0.3, 0.4) is 0 Å². The molecule has 0 spiro atoms. The summed E-state index contributed by atoms with van der Waals surface area (Å²) in [7, 11) is -0.549. The quantitative estimate of drug-likeness (QED) is 0.519. The van der Waals surface area contributed by atoms with Crippen molar-refractivity contribution in [3.63, 3.8) is 0 Å². The standard InChI is InChI=1S/C24H27N3O4S/c1-16(2)24-25-22-12-13-27(32(28,29)20-7-5-6-19(14-20)31-4)15-21(22)23(26-24)17-8-10-18(30-3)11-9-17/h5-11,14,16H,12-13,15H2,1-4H3. The summed E-state index contributed by atoms with van der Waals surface area (Å²) >= 11 is 0. The van der Waals surface area contributed by atoms with E-state index < -0.39 is 10.4 Å². The van der Waals surface area contributed by atoms with Crippen molar-refractivity contribution in [1.82, 2.24) is 14.3 Å². The van der Waals surface area contributed by atoms with E-state index >= 15 is 0 Å². The molecule has 0 saturated carbocycles. The lowest BCUT2D eigenvalue weighted by Crippen LogP contribution is -2.41. The molecule has 32 heavy (non-hydrogen) atoms. The molecule has 1 unspecified atom stereocenters. The van der Waals surface area contributed by atoms with Gasteiger partial charge in [-0.15, -0.1) is 4.31 Å². The van der Waals surface area contributed by atoms with Crippen molar-refractivity contribution in [2.24, 2.45) is 0 Å². The van der Waals surface area contributed by atoms with Crippen LogP contribution < -0.4 is 9.47 Å². The molecule has 0 saturated heterocycles. The van der Waals surface area contributed by atoms with Gasteiger partial charge in [-0.2, -0.15) is 0 Å². The van der Waals surface area contributed by atoms with Gasteiger partial charge in [0, 0.05) is 29.5 Å². The minimum absolute atomic E-state index is 0.163. The van der Waals surface area contributed by atoms with Gasteiger partial charge in [0.25, 0.3) is 0 Å². The highest BCUT2D eigenvalue weighted by Crippen LogP contribution is 2.34. The monoisotopic (exact) mass is 453 g/mol. The van der Waals surface area contributed by atoms with Gasteiger partial charge in [0.1, 0.15) is 17.3 Å². The number of aromatic nitrogens is 2. The number of hydrogen-bond donors (Lipinski definition) is 0. The molecule has 0 radical (unpaired) electrons. The first-order valence-electron chi connectivity index (χ1n) is 10.5. The summed E-state index contributed by atoms with van der Waals surface area (Å²) in [5.41, 5.74) is 3.43. The maximum Gasteiger partial charge on any atom is 0.179 e. The molecular weight excluding hydrogens is 426 g/mol. The van der Waals surface area contributed by atoms with Gasteiger partial charge in [-0.1, -0.05) is 24.1 Å². The number of ether oxygens (including phenoxy) is 2. The molecule has 1 aliphatic rings. The predicted molar refractivity (Wildman–Crippen MR) is 122 cm³/mol. The molecule has 2 heterocycles. The van der Waals surface area contributed by atoms with Crippen LogP contribution in [-0.2, 0) is 27.6 Å². The molecule has 2 aromatic carbocycles. The summed E-state index contributed by atoms with van der Waals surface area (Å²) in [6, 6.07) is 14.2. The minimum atomic E-state index is -3.70. The molecule has 0 N–H and O–H groups in total. The lowest BCUT2D eigenvalue weighted by Gasteiger charge is -2.32. The summed E-state index contributed by atoms with van der Waals surface area (Å²) in [6.45, 7) is 4.70. The topological polar surface area (TPSA) is 87.6 Å². The Bertz CT molecular complexity index is 1160. The van der Waals surface area contributed by atoms with Gasteiger partial charge in [0.05, 0.1) is 38.7 Å². The number of rotatable bonds is 6. The van der Waals surface area contributed by atoms with Crippen LogP contribution in [0.1, 0.15) is 36.8 Å². The Morgan fingerprint density at radius 3 is 2.41 bits per heavy atom. The highest BCUT2D eigenvalue weighted by atomic mass is 32.3. The predicted octanol–water partition coefficient (Wildman–Crippen LogP) is 4.25. The Morgan fingerprint density at radius 1 is 1.03 bits per heavy atom. The largest absolute Gasteiger partial charge is 0.593 e. The number of methoxy groups -OCH3 is 2. The Hall–Kier alpha value is -2.81. The van der Waals surface area contributed by atoms with Crippen LogP contribution in [-0.4, -0.2) is 39.6 Å². The van der Waals surface area contributed by atoms with Crippen molar-refractivity contribution in [2.45, 2.75) is 37.6 Å². The highest BCUT2D eigenvalue weighted by molar-refractivity contribution is 7.95. The number of benzene rings is 2. The van der Waals surface area contributed by atoms with Gasteiger partial charge in [-0.3, -0.25) is 0 Å². The second kappa shape index (κ2) is 8.97. The van der Waals surface area contributed by atoms with Gasteiger partial charge >= 0.3 is 0 Å². The normalized spacial score (nSPS) is 15.8. The van der Waals surface area contributed by atoms with Gasteiger partial charge < -0.3 is 14.0 Å². The van der Waals surface area contributed by atoms with Crippen molar-refractivity contribution in [3.8, 4) is 22.8 Å². The van der Waals surface area contributed by atoms with E-state index in [1.165, 1.54) is 11.4 Å². The molecule has 3 aromatic rings. The Labute approximate surface area is 189 Å². The number of hydrogen-bond acceptors (Lipinski definition) is 6. The fourth-order valence-corrected chi connectivity index (χ4v) is 5.21. The number of sulfonamides is 1. The summed E-state index contributed by atoms with van der Waals surface area (Å²) in [4.78, 5) is 9.82. The molecule has 0 aliphatic carbocycles. The maximum absolute atomic E-state index is 13.4. The third kappa shape index (κ3) is 4.26. The number of nitrogens with zero attached hydrogens (tertiary/aromatic N) is 3. The summed E-state index contributed by atoms with van der Waals surface area (Å²) < 4.78 is 38.8. The van der Waals surface area contributed by atoms with Crippen molar-refractivity contribution < 1.29 is 18.2 Å². The molecule has 0 amide bonds. The zero-order chi connectivity index (χ0) is 22.9. The molecule has 0 bridgehead atoms. The molecule has 1 atom stereocenters. The van der Waals surface area contributed by atoms with E-state index in [4.69, 9.17) is 19.4 Å². The van der Waals surface area contributed by atoms with Crippen LogP contribution in [0, 0.1) is 0 Å². The first-order valence-corrected chi connectivity index (χ1v) is 12.0. The smallest absolute Gasteiger partial charge is 0.179 e. The summed E-state index contributed by atoms with van der Waals surface area (Å²) in [6.07, 6.45) is 0.532.